The lowest BCUT2D eigenvalue weighted by Crippen LogP contribution is -1.99. The van der Waals surface area contributed by atoms with Gasteiger partial charge < -0.3 is 9.47 Å². The first-order valence-corrected chi connectivity index (χ1v) is 5.84. The summed E-state index contributed by atoms with van der Waals surface area (Å²) in [7, 11) is 1.64. The Morgan fingerprint density at radius 1 is 1.33 bits per heavy atom. The standard InChI is InChI=1S/C15H19NO2/c1-4-14(15-7-5-6-10-16-15)9-8-13(2)18-12-11-17-3/h4-10H,2,11-12H2,1,3H3/b9-8-,14-4+. The van der Waals surface area contributed by atoms with Gasteiger partial charge in [-0.15, -0.1) is 0 Å². The first-order valence-electron chi connectivity index (χ1n) is 5.84. The summed E-state index contributed by atoms with van der Waals surface area (Å²) < 4.78 is 10.3. The maximum Gasteiger partial charge on any atom is 0.112 e. The van der Waals surface area contributed by atoms with E-state index in [1.165, 1.54) is 0 Å². The van der Waals surface area contributed by atoms with Crippen LogP contribution in [0.25, 0.3) is 5.57 Å². The highest BCUT2D eigenvalue weighted by molar-refractivity contribution is 5.71. The Hall–Kier alpha value is -1.87. The average Bonchev–Trinajstić information content (AvgIpc) is 2.41. The predicted molar refractivity (Wildman–Crippen MR) is 74.0 cm³/mol. The van der Waals surface area contributed by atoms with Crippen molar-refractivity contribution in [3.63, 3.8) is 0 Å². The number of hydrogen-bond acceptors (Lipinski definition) is 3. The Morgan fingerprint density at radius 2 is 2.17 bits per heavy atom. The number of pyridine rings is 1. The second-order valence-corrected chi connectivity index (χ2v) is 3.60. The third-order valence-electron chi connectivity index (χ3n) is 2.30. The first-order chi connectivity index (χ1) is 8.77. The third kappa shape index (κ3) is 4.97. The Balaban J connectivity index is 2.57. The molecule has 0 bridgehead atoms. The fourth-order valence-electron chi connectivity index (χ4n) is 1.35. The molecule has 0 unspecified atom stereocenters. The molecule has 0 aromatic carbocycles. The number of hydrogen-bond donors (Lipinski definition) is 0. The van der Waals surface area contributed by atoms with Gasteiger partial charge in [-0.05, 0) is 36.8 Å². The second kappa shape index (κ2) is 8.25. The number of methoxy groups -OCH3 is 1. The molecule has 0 saturated carbocycles. The van der Waals surface area contributed by atoms with Crippen molar-refractivity contribution in [2.24, 2.45) is 0 Å². The van der Waals surface area contributed by atoms with Gasteiger partial charge in [-0.25, -0.2) is 0 Å². The van der Waals surface area contributed by atoms with Crippen molar-refractivity contribution in [2.45, 2.75) is 6.92 Å². The Bertz CT molecular complexity index is 421. The lowest BCUT2D eigenvalue weighted by molar-refractivity contribution is 0.115. The molecule has 0 radical (unpaired) electrons. The van der Waals surface area contributed by atoms with Gasteiger partial charge in [-0.1, -0.05) is 18.7 Å². The summed E-state index contributed by atoms with van der Waals surface area (Å²) in [4.78, 5) is 4.29. The molecule has 0 atom stereocenters. The maximum atomic E-state index is 5.36. The molecule has 0 fully saturated rings. The lowest BCUT2D eigenvalue weighted by atomic mass is 10.1. The molecule has 96 valence electrons. The quantitative estimate of drug-likeness (QED) is 0.420. The zero-order valence-corrected chi connectivity index (χ0v) is 10.9. The highest BCUT2D eigenvalue weighted by atomic mass is 16.5. The van der Waals surface area contributed by atoms with Crippen molar-refractivity contribution in [1.29, 1.82) is 0 Å². The van der Waals surface area contributed by atoms with Gasteiger partial charge >= 0.3 is 0 Å². The van der Waals surface area contributed by atoms with Crippen molar-refractivity contribution >= 4 is 5.57 Å². The van der Waals surface area contributed by atoms with Crippen LogP contribution in [0, 0.1) is 0 Å². The molecular weight excluding hydrogens is 226 g/mol. The van der Waals surface area contributed by atoms with Crippen LogP contribution in [0.2, 0.25) is 0 Å². The molecule has 0 aliphatic carbocycles. The van der Waals surface area contributed by atoms with E-state index in [1.807, 2.05) is 43.4 Å². The summed E-state index contributed by atoms with van der Waals surface area (Å²) in [5.41, 5.74) is 1.97. The van der Waals surface area contributed by atoms with Crippen LogP contribution in [0.5, 0.6) is 0 Å². The lowest BCUT2D eigenvalue weighted by Gasteiger charge is -2.05. The van der Waals surface area contributed by atoms with Gasteiger partial charge in [-0.3, -0.25) is 4.98 Å². The van der Waals surface area contributed by atoms with E-state index in [0.717, 1.165) is 11.3 Å². The topological polar surface area (TPSA) is 31.4 Å². The van der Waals surface area contributed by atoms with Crippen molar-refractivity contribution in [1.82, 2.24) is 4.98 Å². The maximum absolute atomic E-state index is 5.36. The third-order valence-corrected chi connectivity index (χ3v) is 2.30. The molecule has 1 rings (SSSR count). The molecule has 1 aromatic heterocycles. The SMILES string of the molecule is C=C(/C=C\C(=C/C)c1ccccn1)OCCOC. The van der Waals surface area contributed by atoms with Crippen LogP contribution in [0.3, 0.4) is 0 Å². The van der Waals surface area contributed by atoms with Gasteiger partial charge in [0.2, 0.25) is 0 Å². The molecule has 18 heavy (non-hydrogen) atoms. The highest BCUT2D eigenvalue weighted by Crippen LogP contribution is 2.13. The number of ether oxygens (including phenoxy) is 2. The van der Waals surface area contributed by atoms with E-state index in [0.29, 0.717) is 19.0 Å². The molecule has 0 amide bonds. The van der Waals surface area contributed by atoms with Crippen molar-refractivity contribution < 1.29 is 9.47 Å². The van der Waals surface area contributed by atoms with E-state index in [-0.39, 0.29) is 0 Å². The van der Waals surface area contributed by atoms with E-state index in [9.17, 15) is 0 Å². The van der Waals surface area contributed by atoms with Crippen LogP contribution in [0.4, 0.5) is 0 Å². The van der Waals surface area contributed by atoms with Crippen LogP contribution in [-0.2, 0) is 9.47 Å². The number of rotatable bonds is 7. The summed E-state index contributed by atoms with van der Waals surface area (Å²) in [5, 5.41) is 0. The molecule has 0 spiro atoms. The second-order valence-electron chi connectivity index (χ2n) is 3.60. The molecule has 3 heteroatoms. The van der Waals surface area contributed by atoms with Gasteiger partial charge in [0, 0.05) is 13.3 Å². The summed E-state index contributed by atoms with van der Waals surface area (Å²) >= 11 is 0. The molecule has 0 aliphatic rings. The van der Waals surface area contributed by atoms with Crippen molar-refractivity contribution in [3.05, 3.63) is 60.7 Å². The van der Waals surface area contributed by atoms with Crippen LogP contribution in [0.1, 0.15) is 12.6 Å². The van der Waals surface area contributed by atoms with E-state index >= 15 is 0 Å². The Kier molecular flexibility index (Phi) is 6.51. The van der Waals surface area contributed by atoms with Gasteiger partial charge in [0.05, 0.1) is 12.3 Å². The molecule has 0 saturated heterocycles. The molecule has 0 N–H and O–H groups in total. The number of allylic oxidation sites excluding steroid dienone is 4. The monoisotopic (exact) mass is 245 g/mol. The summed E-state index contributed by atoms with van der Waals surface area (Å²) in [6.07, 6.45) is 7.55. The average molecular weight is 245 g/mol. The van der Waals surface area contributed by atoms with Crippen LogP contribution in [0.15, 0.2) is 55.0 Å². The van der Waals surface area contributed by atoms with Crippen LogP contribution < -0.4 is 0 Å². The molecule has 3 nitrogen and oxygen atoms in total. The minimum absolute atomic E-state index is 0.508. The van der Waals surface area contributed by atoms with Crippen LogP contribution >= 0.6 is 0 Å². The molecule has 1 aromatic rings. The normalized spacial score (nSPS) is 11.8. The number of nitrogens with zero attached hydrogens (tertiary/aromatic N) is 1. The van der Waals surface area contributed by atoms with E-state index in [4.69, 9.17) is 9.47 Å². The predicted octanol–water partition coefficient (Wildman–Crippen LogP) is 3.22. The van der Waals surface area contributed by atoms with Gasteiger partial charge in [0.15, 0.2) is 0 Å². The molecular formula is C15H19NO2. The zero-order chi connectivity index (χ0) is 13.2. The van der Waals surface area contributed by atoms with Gasteiger partial charge in [-0.2, -0.15) is 0 Å². The smallest absolute Gasteiger partial charge is 0.112 e. The fraction of sp³-hybridized carbons (Fsp3) is 0.267. The summed E-state index contributed by atoms with van der Waals surface area (Å²) in [6.45, 7) is 6.86. The summed E-state index contributed by atoms with van der Waals surface area (Å²) in [5.74, 6) is 0.613. The Labute approximate surface area is 108 Å². The fourth-order valence-corrected chi connectivity index (χ4v) is 1.35. The molecule has 0 aliphatic heterocycles. The first kappa shape index (κ1) is 14.2. The number of aromatic nitrogens is 1. The minimum Gasteiger partial charge on any atom is -0.492 e. The van der Waals surface area contributed by atoms with E-state index in [2.05, 4.69) is 11.6 Å². The minimum atomic E-state index is 0.508. The largest absolute Gasteiger partial charge is 0.492 e. The summed E-state index contributed by atoms with van der Waals surface area (Å²) in [6, 6.07) is 5.82. The van der Waals surface area contributed by atoms with Crippen LogP contribution in [-0.4, -0.2) is 25.3 Å². The van der Waals surface area contributed by atoms with Crippen molar-refractivity contribution in [2.75, 3.05) is 20.3 Å². The van der Waals surface area contributed by atoms with Gasteiger partial charge in [0.1, 0.15) is 12.4 Å². The van der Waals surface area contributed by atoms with Crippen molar-refractivity contribution in [3.8, 4) is 0 Å². The molecule has 1 heterocycles. The van der Waals surface area contributed by atoms with E-state index < -0.39 is 0 Å². The Morgan fingerprint density at radius 3 is 2.78 bits per heavy atom. The van der Waals surface area contributed by atoms with E-state index in [1.54, 1.807) is 13.3 Å². The van der Waals surface area contributed by atoms with Gasteiger partial charge in [0.25, 0.3) is 0 Å². The zero-order valence-electron chi connectivity index (χ0n) is 10.9. The highest BCUT2D eigenvalue weighted by Gasteiger charge is 1.97.